The van der Waals surface area contributed by atoms with Gasteiger partial charge < -0.3 is 14.2 Å². The Balaban J connectivity index is 1.85. The highest BCUT2D eigenvalue weighted by Crippen LogP contribution is 2.22. The highest BCUT2D eigenvalue weighted by Gasteiger charge is 2.36. The summed E-state index contributed by atoms with van der Waals surface area (Å²) in [5, 5.41) is 18.0. The fraction of sp³-hybridized carbons (Fsp3) is 0.462. The maximum Gasteiger partial charge on any atom is 0.183 e. The number of nitriles is 2. The van der Waals surface area contributed by atoms with Gasteiger partial charge in [-0.25, -0.2) is 4.98 Å². The molecule has 0 aromatic carbocycles. The van der Waals surface area contributed by atoms with Crippen LogP contribution in [0.5, 0.6) is 5.75 Å². The molecule has 104 valence electrons. The van der Waals surface area contributed by atoms with Gasteiger partial charge in [0, 0.05) is 6.42 Å². The SMILES string of the molecule is N#Cc1nc(Br)ccc1OCCOC1(C#N)CCOC1. The summed E-state index contributed by atoms with van der Waals surface area (Å²) >= 11 is 3.19. The molecule has 2 rings (SSSR count). The number of pyridine rings is 1. The third-order valence-corrected chi connectivity index (χ3v) is 3.28. The van der Waals surface area contributed by atoms with E-state index in [1.807, 2.05) is 6.07 Å². The first-order valence-corrected chi connectivity index (χ1v) is 6.81. The molecule has 1 aliphatic heterocycles. The van der Waals surface area contributed by atoms with Crippen molar-refractivity contribution in [2.45, 2.75) is 12.0 Å². The molecule has 1 aromatic rings. The van der Waals surface area contributed by atoms with Crippen LogP contribution in [0.25, 0.3) is 0 Å². The van der Waals surface area contributed by atoms with E-state index in [1.165, 1.54) is 0 Å². The molecule has 1 unspecified atom stereocenters. The predicted molar refractivity (Wildman–Crippen MR) is 71.9 cm³/mol. The van der Waals surface area contributed by atoms with Crippen molar-refractivity contribution in [2.24, 2.45) is 0 Å². The highest BCUT2D eigenvalue weighted by atomic mass is 79.9. The second kappa shape index (κ2) is 6.67. The van der Waals surface area contributed by atoms with Crippen LogP contribution in [0.15, 0.2) is 16.7 Å². The molecule has 6 nitrogen and oxygen atoms in total. The molecule has 1 saturated heterocycles. The minimum absolute atomic E-state index is 0.207. The topological polar surface area (TPSA) is 88.2 Å². The van der Waals surface area contributed by atoms with Crippen LogP contribution in [0.4, 0.5) is 0 Å². The number of halogens is 1. The van der Waals surface area contributed by atoms with Gasteiger partial charge in [-0.3, -0.25) is 0 Å². The van der Waals surface area contributed by atoms with Gasteiger partial charge in [-0.05, 0) is 28.1 Å². The summed E-state index contributed by atoms with van der Waals surface area (Å²) in [6, 6.07) is 7.44. The molecule has 7 heteroatoms. The van der Waals surface area contributed by atoms with Gasteiger partial charge in [-0.1, -0.05) is 0 Å². The van der Waals surface area contributed by atoms with E-state index < -0.39 is 5.60 Å². The van der Waals surface area contributed by atoms with Crippen molar-refractivity contribution in [3.8, 4) is 17.9 Å². The van der Waals surface area contributed by atoms with Crippen molar-refractivity contribution >= 4 is 15.9 Å². The number of rotatable bonds is 5. The monoisotopic (exact) mass is 337 g/mol. The molecule has 1 aromatic heterocycles. The van der Waals surface area contributed by atoms with Gasteiger partial charge in [0.05, 0.1) is 19.8 Å². The Bertz CT molecular complexity index is 559. The summed E-state index contributed by atoms with van der Waals surface area (Å²) in [5.41, 5.74) is -0.655. The number of ether oxygens (including phenoxy) is 3. The lowest BCUT2D eigenvalue weighted by molar-refractivity contribution is -0.0204. The van der Waals surface area contributed by atoms with Crippen LogP contribution in [0.2, 0.25) is 0 Å². The van der Waals surface area contributed by atoms with Crippen molar-refractivity contribution in [3.05, 3.63) is 22.4 Å². The molecule has 0 bridgehead atoms. The normalized spacial score (nSPS) is 21.1. The Morgan fingerprint density at radius 3 is 2.90 bits per heavy atom. The van der Waals surface area contributed by atoms with E-state index in [1.54, 1.807) is 12.1 Å². The largest absolute Gasteiger partial charge is 0.488 e. The molecule has 0 N–H and O–H groups in total. The third kappa shape index (κ3) is 3.45. The Morgan fingerprint density at radius 1 is 1.40 bits per heavy atom. The van der Waals surface area contributed by atoms with E-state index in [4.69, 9.17) is 24.7 Å². The minimum atomic E-state index is -0.862. The van der Waals surface area contributed by atoms with Crippen LogP contribution in [-0.2, 0) is 9.47 Å². The highest BCUT2D eigenvalue weighted by molar-refractivity contribution is 9.10. The van der Waals surface area contributed by atoms with Crippen molar-refractivity contribution in [2.75, 3.05) is 26.4 Å². The predicted octanol–water partition coefficient (Wildman–Crippen LogP) is 1.79. The summed E-state index contributed by atoms with van der Waals surface area (Å²) in [6.07, 6.45) is 0.562. The molecule has 0 saturated carbocycles. The van der Waals surface area contributed by atoms with Gasteiger partial charge >= 0.3 is 0 Å². The van der Waals surface area contributed by atoms with Gasteiger partial charge in [0.2, 0.25) is 0 Å². The van der Waals surface area contributed by atoms with Crippen molar-refractivity contribution < 1.29 is 14.2 Å². The van der Waals surface area contributed by atoms with Gasteiger partial charge in [-0.15, -0.1) is 0 Å². The van der Waals surface area contributed by atoms with E-state index in [9.17, 15) is 0 Å². The average Bonchev–Trinajstić information content (AvgIpc) is 2.94. The zero-order valence-electron chi connectivity index (χ0n) is 10.6. The summed E-state index contributed by atoms with van der Waals surface area (Å²) in [5.74, 6) is 0.396. The van der Waals surface area contributed by atoms with Gasteiger partial charge in [-0.2, -0.15) is 10.5 Å². The van der Waals surface area contributed by atoms with Crippen LogP contribution in [0.3, 0.4) is 0 Å². The van der Waals surface area contributed by atoms with Crippen molar-refractivity contribution in [1.82, 2.24) is 4.98 Å². The maximum atomic E-state index is 9.09. The molecule has 1 aliphatic rings. The van der Waals surface area contributed by atoms with E-state index in [-0.39, 0.29) is 25.5 Å². The lowest BCUT2D eigenvalue weighted by Crippen LogP contribution is -2.32. The van der Waals surface area contributed by atoms with Crippen LogP contribution in [0, 0.1) is 22.7 Å². The number of hydrogen-bond donors (Lipinski definition) is 0. The molecular formula is C13H12BrN3O3. The smallest absolute Gasteiger partial charge is 0.183 e. The summed E-state index contributed by atoms with van der Waals surface area (Å²) in [7, 11) is 0. The quantitative estimate of drug-likeness (QED) is 0.601. The molecule has 0 aliphatic carbocycles. The molecule has 20 heavy (non-hydrogen) atoms. The summed E-state index contributed by atoms with van der Waals surface area (Å²) < 4.78 is 16.7. The van der Waals surface area contributed by atoms with Crippen LogP contribution >= 0.6 is 15.9 Å². The zero-order valence-corrected chi connectivity index (χ0v) is 12.2. The first kappa shape index (κ1) is 14.7. The molecule has 0 radical (unpaired) electrons. The van der Waals surface area contributed by atoms with Crippen LogP contribution in [0.1, 0.15) is 12.1 Å². The minimum Gasteiger partial charge on any atom is -0.488 e. The first-order chi connectivity index (χ1) is 9.69. The summed E-state index contributed by atoms with van der Waals surface area (Å²) in [6.45, 7) is 1.30. The number of aromatic nitrogens is 1. The molecule has 0 spiro atoms. The molecule has 2 heterocycles. The Labute approximate surface area is 125 Å². The summed E-state index contributed by atoms with van der Waals surface area (Å²) in [4.78, 5) is 4.00. The molecule has 0 amide bonds. The lowest BCUT2D eigenvalue weighted by Gasteiger charge is -2.19. The van der Waals surface area contributed by atoms with Crippen LogP contribution < -0.4 is 4.74 Å². The van der Waals surface area contributed by atoms with E-state index >= 15 is 0 Å². The Hall–Kier alpha value is -1.67. The number of hydrogen-bond acceptors (Lipinski definition) is 6. The van der Waals surface area contributed by atoms with Crippen molar-refractivity contribution in [1.29, 1.82) is 10.5 Å². The van der Waals surface area contributed by atoms with Gasteiger partial charge in [0.1, 0.15) is 23.3 Å². The molecule has 1 atom stereocenters. The standard InChI is InChI=1S/C13H12BrN3O3/c14-12-2-1-11(10(7-15)17-12)19-5-6-20-13(8-16)3-4-18-9-13/h1-2H,3-6,9H2. The Kier molecular flexibility index (Phi) is 4.91. The lowest BCUT2D eigenvalue weighted by atomic mass is 10.1. The average molecular weight is 338 g/mol. The van der Waals surface area contributed by atoms with Gasteiger partial charge in [0.15, 0.2) is 17.0 Å². The molecular weight excluding hydrogens is 326 g/mol. The van der Waals surface area contributed by atoms with Gasteiger partial charge in [0.25, 0.3) is 0 Å². The second-order valence-electron chi connectivity index (χ2n) is 4.20. The van der Waals surface area contributed by atoms with Crippen LogP contribution in [-0.4, -0.2) is 37.0 Å². The Morgan fingerprint density at radius 2 is 2.25 bits per heavy atom. The third-order valence-electron chi connectivity index (χ3n) is 2.84. The van der Waals surface area contributed by atoms with E-state index in [0.29, 0.717) is 23.4 Å². The van der Waals surface area contributed by atoms with E-state index in [2.05, 4.69) is 27.0 Å². The zero-order chi connectivity index (χ0) is 14.4. The fourth-order valence-corrected chi connectivity index (χ4v) is 2.10. The maximum absolute atomic E-state index is 9.09. The number of nitrogens with zero attached hydrogens (tertiary/aromatic N) is 3. The first-order valence-electron chi connectivity index (χ1n) is 6.01. The molecule has 1 fully saturated rings. The fourth-order valence-electron chi connectivity index (χ4n) is 1.79. The van der Waals surface area contributed by atoms with Crippen molar-refractivity contribution in [3.63, 3.8) is 0 Å². The second-order valence-corrected chi connectivity index (χ2v) is 5.01. The van der Waals surface area contributed by atoms with E-state index in [0.717, 1.165) is 0 Å².